The van der Waals surface area contributed by atoms with E-state index in [2.05, 4.69) is 20.2 Å². The fraction of sp³-hybridized carbons (Fsp3) is 0.476. The van der Waals surface area contributed by atoms with Crippen molar-refractivity contribution in [2.45, 2.75) is 55.2 Å². The predicted molar refractivity (Wildman–Crippen MR) is 123 cm³/mol. The summed E-state index contributed by atoms with van der Waals surface area (Å²) in [5.74, 6) is -2.31. The Hall–Kier alpha value is -2.77. The quantitative estimate of drug-likeness (QED) is 0.521. The van der Waals surface area contributed by atoms with Gasteiger partial charge in [-0.15, -0.1) is 0 Å². The summed E-state index contributed by atoms with van der Waals surface area (Å²) >= 11 is 6.03. The molecule has 1 aliphatic carbocycles. The number of anilines is 1. The van der Waals surface area contributed by atoms with Crippen LogP contribution in [0.1, 0.15) is 32.1 Å². The number of aromatic nitrogens is 2. The summed E-state index contributed by atoms with van der Waals surface area (Å²) in [5.41, 5.74) is -0.0267. The van der Waals surface area contributed by atoms with Crippen molar-refractivity contribution in [3.63, 3.8) is 0 Å². The lowest BCUT2D eigenvalue weighted by molar-refractivity contribution is 0.102. The Balaban J connectivity index is 1.24. The van der Waals surface area contributed by atoms with Crippen molar-refractivity contribution >= 4 is 33.4 Å². The summed E-state index contributed by atoms with van der Waals surface area (Å²) in [6.45, 7) is 0.899. The highest BCUT2D eigenvalue weighted by atomic mass is 35.5. The minimum absolute atomic E-state index is 0.0234. The molecule has 1 aromatic carbocycles. The molecule has 2 fully saturated rings. The molecule has 1 aliphatic heterocycles. The molecule has 3 N–H and O–H groups in total. The van der Waals surface area contributed by atoms with Gasteiger partial charge in [-0.1, -0.05) is 17.7 Å². The van der Waals surface area contributed by atoms with Crippen molar-refractivity contribution in [2.24, 2.45) is 0 Å². The molecule has 14 heteroatoms. The van der Waals surface area contributed by atoms with Crippen molar-refractivity contribution < 1.29 is 26.7 Å². The number of hydrogen-bond acceptors (Lipinski definition) is 7. The van der Waals surface area contributed by atoms with Crippen molar-refractivity contribution in [2.75, 3.05) is 18.0 Å². The number of amides is 1. The van der Waals surface area contributed by atoms with Gasteiger partial charge in [-0.05, 0) is 37.8 Å². The van der Waals surface area contributed by atoms with Gasteiger partial charge in [0.2, 0.25) is 10.0 Å². The van der Waals surface area contributed by atoms with Crippen LogP contribution in [0, 0.1) is 11.6 Å². The van der Waals surface area contributed by atoms with Crippen LogP contribution in [0.4, 0.5) is 19.3 Å². The SMILES string of the molecule is O=C(N[C@H]1CC[C@H](NS(=O)(=O)c2c(F)cccc2F)CC1)O[C@@H]1CCN(c2cn[nH]c(=O)c2Cl)C1. The summed E-state index contributed by atoms with van der Waals surface area (Å²) in [6.07, 6.45) is 2.70. The van der Waals surface area contributed by atoms with E-state index in [1.807, 2.05) is 4.90 Å². The molecule has 2 aliphatic rings. The molecule has 0 spiro atoms. The number of rotatable bonds is 6. The van der Waals surface area contributed by atoms with E-state index in [0.717, 1.165) is 18.2 Å². The molecule has 2 heterocycles. The molecule has 4 rings (SSSR count). The second kappa shape index (κ2) is 10.5. The maximum atomic E-state index is 13.9. The molecular weight excluding hydrogens is 508 g/mol. The van der Waals surface area contributed by atoms with Crippen LogP contribution in [0.5, 0.6) is 0 Å². The van der Waals surface area contributed by atoms with Crippen molar-refractivity contribution in [1.82, 2.24) is 20.2 Å². The second-order valence-corrected chi connectivity index (χ2v) is 10.6. The Morgan fingerprint density at radius 1 is 1.14 bits per heavy atom. The highest BCUT2D eigenvalue weighted by Crippen LogP contribution is 2.26. The number of hydrogen-bond donors (Lipinski definition) is 3. The first-order valence-electron chi connectivity index (χ1n) is 11.1. The normalized spacial score (nSPS) is 22.7. The zero-order valence-corrected chi connectivity index (χ0v) is 20.0. The van der Waals surface area contributed by atoms with Crippen LogP contribution in [0.3, 0.4) is 0 Å². The topological polar surface area (TPSA) is 133 Å². The van der Waals surface area contributed by atoms with E-state index >= 15 is 0 Å². The third-order valence-corrected chi connectivity index (χ3v) is 8.03. The number of halogens is 3. The molecular formula is C21H24ClF2N5O5S. The van der Waals surface area contributed by atoms with E-state index in [9.17, 15) is 26.8 Å². The molecule has 0 unspecified atom stereocenters. The molecule has 0 radical (unpaired) electrons. The Morgan fingerprint density at radius 3 is 2.49 bits per heavy atom. The molecule has 1 saturated heterocycles. The Bertz CT molecular complexity index is 1230. The monoisotopic (exact) mass is 531 g/mol. The van der Waals surface area contributed by atoms with Gasteiger partial charge < -0.3 is 15.0 Å². The maximum Gasteiger partial charge on any atom is 0.407 e. The van der Waals surface area contributed by atoms with Gasteiger partial charge in [-0.25, -0.2) is 31.8 Å². The Labute approximate surface area is 205 Å². The molecule has 1 aromatic heterocycles. The van der Waals surface area contributed by atoms with Gasteiger partial charge in [-0.2, -0.15) is 5.10 Å². The lowest BCUT2D eigenvalue weighted by Crippen LogP contribution is -2.44. The highest BCUT2D eigenvalue weighted by molar-refractivity contribution is 7.89. The number of nitrogens with one attached hydrogen (secondary N) is 3. The number of carbonyl (C=O) groups excluding carboxylic acids is 1. The summed E-state index contributed by atoms with van der Waals surface area (Å²) < 4.78 is 60.5. The fourth-order valence-electron chi connectivity index (χ4n) is 4.36. The minimum atomic E-state index is -4.36. The second-order valence-electron chi connectivity index (χ2n) is 8.53. The molecule has 35 heavy (non-hydrogen) atoms. The number of alkyl carbamates (subject to hydrolysis) is 1. The van der Waals surface area contributed by atoms with Crippen LogP contribution in [0.25, 0.3) is 0 Å². The number of benzene rings is 1. The first-order valence-corrected chi connectivity index (χ1v) is 12.9. The molecule has 1 atom stereocenters. The number of H-pyrrole nitrogens is 1. The van der Waals surface area contributed by atoms with E-state index in [1.165, 1.54) is 6.20 Å². The summed E-state index contributed by atoms with van der Waals surface area (Å²) in [4.78, 5) is 24.8. The maximum absolute atomic E-state index is 13.9. The van der Waals surface area contributed by atoms with Crippen molar-refractivity contribution in [3.8, 4) is 0 Å². The van der Waals surface area contributed by atoms with Crippen LogP contribution in [0.2, 0.25) is 5.02 Å². The summed E-state index contributed by atoms with van der Waals surface area (Å²) in [7, 11) is -4.36. The third kappa shape index (κ3) is 5.90. The van der Waals surface area contributed by atoms with Gasteiger partial charge in [-0.3, -0.25) is 4.79 Å². The predicted octanol–water partition coefficient (Wildman–Crippen LogP) is 2.30. The number of sulfonamides is 1. The van der Waals surface area contributed by atoms with Crippen LogP contribution in [-0.4, -0.2) is 56.0 Å². The average molecular weight is 532 g/mol. The van der Waals surface area contributed by atoms with Crippen molar-refractivity contribution in [3.05, 3.63) is 51.4 Å². The summed E-state index contributed by atoms with van der Waals surface area (Å²) in [5, 5.41) is 8.80. The lowest BCUT2D eigenvalue weighted by atomic mass is 9.92. The van der Waals surface area contributed by atoms with E-state index in [-0.39, 0.29) is 11.1 Å². The molecule has 1 amide bonds. The first kappa shape index (κ1) is 25.3. The molecule has 0 bridgehead atoms. The number of aromatic amines is 1. The Kier molecular flexibility index (Phi) is 7.57. The van der Waals surface area contributed by atoms with Gasteiger partial charge in [0.1, 0.15) is 22.8 Å². The van der Waals surface area contributed by atoms with E-state index < -0.39 is 50.4 Å². The van der Waals surface area contributed by atoms with Gasteiger partial charge in [0.25, 0.3) is 5.56 Å². The van der Waals surface area contributed by atoms with Gasteiger partial charge in [0.05, 0.1) is 18.4 Å². The van der Waals surface area contributed by atoms with E-state index in [0.29, 0.717) is 50.9 Å². The first-order chi connectivity index (χ1) is 16.6. The zero-order valence-electron chi connectivity index (χ0n) is 18.5. The standard InChI is InChI=1S/C21H24ClF2N5O5S/c22-18-17(10-25-27-20(18)30)29-9-8-14(11-29)34-21(31)26-12-4-6-13(7-5-12)28-35(32,33)19-15(23)2-1-3-16(19)24/h1-3,10,12-14,28H,4-9,11H2,(H,26,31)(H,27,30)/t12-,13-,14-/m1/s1. The number of nitrogens with zero attached hydrogens (tertiary/aromatic N) is 2. The third-order valence-electron chi connectivity index (χ3n) is 6.10. The molecule has 190 valence electrons. The van der Waals surface area contributed by atoms with Gasteiger partial charge in [0.15, 0.2) is 4.90 Å². The van der Waals surface area contributed by atoms with Crippen LogP contribution >= 0.6 is 11.6 Å². The molecule has 10 nitrogen and oxygen atoms in total. The molecule has 2 aromatic rings. The lowest BCUT2D eigenvalue weighted by Gasteiger charge is -2.29. The highest BCUT2D eigenvalue weighted by Gasteiger charge is 2.32. The van der Waals surface area contributed by atoms with Crippen LogP contribution in [0.15, 0.2) is 34.1 Å². The van der Waals surface area contributed by atoms with Crippen LogP contribution < -0.4 is 20.5 Å². The zero-order chi connectivity index (χ0) is 25.2. The minimum Gasteiger partial charge on any atom is -0.444 e. The number of carbonyl (C=O) groups is 1. The number of ether oxygens (including phenoxy) is 1. The Morgan fingerprint density at radius 2 is 1.80 bits per heavy atom. The smallest absolute Gasteiger partial charge is 0.407 e. The largest absolute Gasteiger partial charge is 0.444 e. The molecule has 1 saturated carbocycles. The average Bonchev–Trinajstić information content (AvgIpc) is 3.24. The van der Waals surface area contributed by atoms with E-state index in [4.69, 9.17) is 16.3 Å². The van der Waals surface area contributed by atoms with Gasteiger partial charge >= 0.3 is 6.09 Å². The summed E-state index contributed by atoms with van der Waals surface area (Å²) in [6, 6.07) is 2.14. The van der Waals surface area contributed by atoms with Crippen LogP contribution in [-0.2, 0) is 14.8 Å². The van der Waals surface area contributed by atoms with Gasteiger partial charge in [0, 0.05) is 25.0 Å². The fourth-order valence-corrected chi connectivity index (χ4v) is 6.02. The van der Waals surface area contributed by atoms with E-state index in [1.54, 1.807) is 0 Å². The van der Waals surface area contributed by atoms with Crippen molar-refractivity contribution in [1.29, 1.82) is 0 Å².